The van der Waals surface area contributed by atoms with Crippen LogP contribution >= 0.6 is 11.6 Å². The molecule has 0 aliphatic rings. The number of aryl methyl sites for hydroxylation is 1. The third-order valence-electron chi connectivity index (χ3n) is 5.06. The number of nitrogens with zero attached hydrogens (tertiary/aromatic N) is 8. The van der Waals surface area contributed by atoms with E-state index >= 15 is 0 Å². The van der Waals surface area contributed by atoms with E-state index in [1.54, 1.807) is 30.1 Å². The van der Waals surface area contributed by atoms with Gasteiger partial charge < -0.3 is 10.6 Å². The van der Waals surface area contributed by atoms with Crippen molar-refractivity contribution in [3.05, 3.63) is 83.4 Å². The first kappa shape index (κ1) is 22.3. The smallest absolute Gasteiger partial charge is 0.315 e. The second kappa shape index (κ2) is 9.43. The molecule has 5 aromatic rings. The Morgan fingerprint density at radius 2 is 1.66 bits per heavy atom. The van der Waals surface area contributed by atoms with Crippen LogP contribution in [0.2, 0.25) is 5.02 Å². The van der Waals surface area contributed by atoms with E-state index in [0.29, 0.717) is 23.2 Å². The van der Waals surface area contributed by atoms with Crippen molar-refractivity contribution >= 4 is 28.7 Å². The lowest BCUT2D eigenvalue weighted by Gasteiger charge is -2.10. The maximum atomic E-state index is 13.9. The first-order chi connectivity index (χ1) is 17.0. The molecule has 0 aliphatic carbocycles. The van der Waals surface area contributed by atoms with Crippen molar-refractivity contribution in [3.8, 4) is 11.4 Å². The Morgan fingerprint density at radius 1 is 0.943 bits per heavy atom. The van der Waals surface area contributed by atoms with Crippen LogP contribution in [0.5, 0.6) is 0 Å². The predicted octanol–water partition coefficient (Wildman–Crippen LogP) is 2.89. The van der Waals surface area contributed by atoms with Gasteiger partial charge >= 0.3 is 6.03 Å². The molecule has 0 fully saturated rings. The van der Waals surface area contributed by atoms with Crippen molar-refractivity contribution in [2.45, 2.75) is 20.0 Å². The van der Waals surface area contributed by atoms with Crippen LogP contribution in [0.1, 0.15) is 17.5 Å². The van der Waals surface area contributed by atoms with Crippen molar-refractivity contribution in [1.82, 2.24) is 50.1 Å². The average Bonchev–Trinajstić information content (AvgIpc) is 3.49. The first-order valence-electron chi connectivity index (χ1n) is 10.5. The van der Waals surface area contributed by atoms with Crippen molar-refractivity contribution in [2.24, 2.45) is 0 Å². The minimum Gasteiger partial charge on any atom is -0.331 e. The van der Waals surface area contributed by atoms with E-state index in [4.69, 9.17) is 11.6 Å². The summed E-state index contributed by atoms with van der Waals surface area (Å²) in [5.74, 6) is 0.862. The molecule has 0 saturated heterocycles. The lowest BCUT2D eigenvalue weighted by molar-refractivity contribution is 0.239. The molecule has 2 N–H and O–H groups in total. The molecule has 176 valence electrons. The molecule has 13 heteroatoms. The number of carbonyl (C=O) groups is 1. The lowest BCUT2D eigenvalue weighted by atomic mass is 10.2. The fraction of sp³-hybridized carbons (Fsp3) is 0.136. The molecule has 35 heavy (non-hydrogen) atoms. The van der Waals surface area contributed by atoms with E-state index in [2.05, 4.69) is 40.8 Å². The largest absolute Gasteiger partial charge is 0.331 e. The zero-order valence-electron chi connectivity index (χ0n) is 18.4. The monoisotopic (exact) mass is 492 g/mol. The van der Waals surface area contributed by atoms with Crippen molar-refractivity contribution in [1.29, 1.82) is 0 Å². The van der Waals surface area contributed by atoms with Gasteiger partial charge in [0, 0.05) is 18.5 Å². The highest BCUT2D eigenvalue weighted by molar-refractivity contribution is 6.30. The second-order valence-electron chi connectivity index (χ2n) is 7.44. The third kappa shape index (κ3) is 4.77. The standard InChI is InChI=1S/C22H18ClFN10O/c1-13-31-21(34(32-13)14-2-4-16(23)17(24)8-14)11-28-22(35)27-10-20-29-12-30-33(20)15-3-5-18-19(9-15)26-7-6-25-18/h2-9,12H,10-11H2,1H3,(H2,27,28,35). The van der Waals surface area contributed by atoms with E-state index in [1.165, 1.54) is 23.1 Å². The van der Waals surface area contributed by atoms with Gasteiger partial charge in [0.25, 0.3) is 0 Å². The van der Waals surface area contributed by atoms with Gasteiger partial charge in [-0.1, -0.05) is 11.6 Å². The van der Waals surface area contributed by atoms with Gasteiger partial charge in [0.1, 0.15) is 18.0 Å². The SMILES string of the molecule is Cc1nc(CNC(=O)NCc2ncnn2-c2ccc3nccnc3c2)n(-c2ccc(Cl)c(F)c2)n1. The van der Waals surface area contributed by atoms with E-state index < -0.39 is 11.8 Å². The Hall–Kier alpha value is -4.45. The summed E-state index contributed by atoms with van der Waals surface area (Å²) in [5.41, 5.74) is 2.67. The summed E-state index contributed by atoms with van der Waals surface area (Å²) in [5, 5.41) is 14.0. The summed E-state index contributed by atoms with van der Waals surface area (Å²) in [6.45, 7) is 1.89. The molecule has 0 aliphatic heterocycles. The maximum absolute atomic E-state index is 13.9. The number of benzene rings is 2. The second-order valence-corrected chi connectivity index (χ2v) is 7.85. The number of urea groups is 1. The van der Waals surface area contributed by atoms with Crippen LogP contribution in [0.3, 0.4) is 0 Å². The highest BCUT2D eigenvalue weighted by atomic mass is 35.5. The average molecular weight is 493 g/mol. The normalized spacial score (nSPS) is 11.1. The van der Waals surface area contributed by atoms with Crippen LogP contribution < -0.4 is 10.6 Å². The zero-order valence-corrected chi connectivity index (χ0v) is 19.1. The van der Waals surface area contributed by atoms with Gasteiger partial charge in [0.15, 0.2) is 11.6 Å². The summed E-state index contributed by atoms with van der Waals surface area (Å²) < 4.78 is 17.0. The summed E-state index contributed by atoms with van der Waals surface area (Å²) in [6, 6.07) is 9.40. The Morgan fingerprint density at radius 3 is 2.46 bits per heavy atom. The molecule has 2 aromatic carbocycles. The van der Waals surface area contributed by atoms with Gasteiger partial charge in [-0.2, -0.15) is 10.2 Å². The Bertz CT molecular complexity index is 1530. The van der Waals surface area contributed by atoms with E-state index in [9.17, 15) is 9.18 Å². The van der Waals surface area contributed by atoms with Crippen LogP contribution in [-0.4, -0.2) is 45.5 Å². The highest BCUT2D eigenvalue weighted by Crippen LogP contribution is 2.19. The van der Waals surface area contributed by atoms with Gasteiger partial charge in [0.2, 0.25) is 0 Å². The molecule has 3 aromatic heterocycles. The number of halogens is 2. The number of carbonyl (C=O) groups excluding carboxylic acids is 1. The molecule has 5 rings (SSSR count). The van der Waals surface area contributed by atoms with Gasteiger partial charge in [0.05, 0.1) is 40.5 Å². The summed E-state index contributed by atoms with van der Waals surface area (Å²) in [4.78, 5) is 29.6. The van der Waals surface area contributed by atoms with Gasteiger partial charge in [-0.05, 0) is 37.3 Å². The van der Waals surface area contributed by atoms with Crippen LogP contribution in [0.4, 0.5) is 9.18 Å². The topological polar surface area (TPSA) is 128 Å². The number of rotatable bonds is 6. The van der Waals surface area contributed by atoms with Crippen molar-refractivity contribution < 1.29 is 9.18 Å². The van der Waals surface area contributed by atoms with Gasteiger partial charge in [-0.15, -0.1) is 0 Å². The van der Waals surface area contributed by atoms with Gasteiger partial charge in [-0.25, -0.2) is 28.5 Å². The summed E-state index contributed by atoms with van der Waals surface area (Å²) in [7, 11) is 0. The van der Waals surface area contributed by atoms with Crippen LogP contribution in [0.25, 0.3) is 22.4 Å². The molecule has 0 bridgehead atoms. The Labute approximate surface area is 203 Å². The summed E-state index contributed by atoms with van der Waals surface area (Å²) >= 11 is 5.77. The number of hydrogen-bond acceptors (Lipinski definition) is 7. The number of nitrogens with one attached hydrogen (secondary N) is 2. The molecular weight excluding hydrogens is 475 g/mol. The minimum atomic E-state index is -0.573. The predicted molar refractivity (Wildman–Crippen MR) is 125 cm³/mol. The van der Waals surface area contributed by atoms with Crippen LogP contribution in [-0.2, 0) is 13.1 Å². The van der Waals surface area contributed by atoms with Crippen molar-refractivity contribution in [2.75, 3.05) is 0 Å². The van der Waals surface area contributed by atoms with Gasteiger partial charge in [-0.3, -0.25) is 9.97 Å². The van der Waals surface area contributed by atoms with E-state index in [-0.39, 0.29) is 18.1 Å². The molecule has 3 heterocycles. The molecule has 0 spiro atoms. The quantitative estimate of drug-likeness (QED) is 0.373. The molecule has 0 saturated carbocycles. The number of amides is 2. The number of hydrogen-bond donors (Lipinski definition) is 2. The van der Waals surface area contributed by atoms with E-state index in [0.717, 1.165) is 16.7 Å². The first-order valence-corrected chi connectivity index (χ1v) is 10.9. The third-order valence-corrected chi connectivity index (χ3v) is 5.36. The minimum absolute atomic E-state index is 0.00843. The molecule has 11 nitrogen and oxygen atoms in total. The Balaban J connectivity index is 1.24. The molecule has 2 amide bonds. The van der Waals surface area contributed by atoms with Crippen LogP contribution in [0.15, 0.2) is 55.1 Å². The fourth-order valence-corrected chi connectivity index (χ4v) is 3.58. The van der Waals surface area contributed by atoms with Crippen LogP contribution in [0, 0.1) is 12.7 Å². The molecule has 0 unspecified atom stereocenters. The Kier molecular flexibility index (Phi) is 6.02. The zero-order chi connectivity index (χ0) is 24.4. The maximum Gasteiger partial charge on any atom is 0.315 e. The fourth-order valence-electron chi connectivity index (χ4n) is 3.46. The number of fused-ring (bicyclic) bond motifs is 1. The number of aromatic nitrogens is 8. The lowest BCUT2D eigenvalue weighted by Crippen LogP contribution is -2.36. The highest BCUT2D eigenvalue weighted by Gasteiger charge is 2.14. The molecular formula is C22H18ClFN10O. The van der Waals surface area contributed by atoms with Crippen molar-refractivity contribution in [3.63, 3.8) is 0 Å². The molecule has 0 radical (unpaired) electrons. The van der Waals surface area contributed by atoms with E-state index in [1.807, 2.05) is 18.2 Å². The molecule has 0 atom stereocenters. The summed E-state index contributed by atoms with van der Waals surface area (Å²) in [6.07, 6.45) is 4.65.